The van der Waals surface area contributed by atoms with Crippen molar-refractivity contribution in [2.24, 2.45) is 5.41 Å². The van der Waals surface area contributed by atoms with Gasteiger partial charge in [-0.3, -0.25) is 4.79 Å². The van der Waals surface area contributed by atoms with E-state index in [1.165, 1.54) is 0 Å². The van der Waals surface area contributed by atoms with Crippen molar-refractivity contribution in [2.45, 2.75) is 39.3 Å². The van der Waals surface area contributed by atoms with Crippen molar-refractivity contribution >= 4 is 5.91 Å². The lowest BCUT2D eigenvalue weighted by Crippen LogP contribution is -2.55. The lowest BCUT2D eigenvalue weighted by atomic mass is 9.77. The van der Waals surface area contributed by atoms with E-state index in [4.69, 9.17) is 0 Å². The van der Waals surface area contributed by atoms with Crippen LogP contribution in [0.2, 0.25) is 0 Å². The van der Waals surface area contributed by atoms with Crippen molar-refractivity contribution in [1.29, 1.82) is 0 Å². The molecule has 18 heavy (non-hydrogen) atoms. The normalized spacial score (nSPS) is 22.4. The Balaban J connectivity index is 1.91. The van der Waals surface area contributed by atoms with Crippen molar-refractivity contribution in [2.75, 3.05) is 6.54 Å². The third kappa shape index (κ3) is 3.04. The second kappa shape index (κ2) is 5.44. The third-order valence-corrected chi connectivity index (χ3v) is 3.46. The summed E-state index contributed by atoms with van der Waals surface area (Å²) in [5.41, 5.74) is 0.782. The number of carbonyl (C=O) groups is 1. The van der Waals surface area contributed by atoms with Gasteiger partial charge >= 0.3 is 0 Å². The third-order valence-electron chi connectivity index (χ3n) is 3.46. The summed E-state index contributed by atoms with van der Waals surface area (Å²) >= 11 is 0. The van der Waals surface area contributed by atoms with Crippen LogP contribution in [0, 0.1) is 5.41 Å². The van der Waals surface area contributed by atoms with Crippen molar-refractivity contribution in [3.8, 4) is 0 Å². The topological polar surface area (TPSA) is 66.9 Å². The predicted molar refractivity (Wildman–Crippen MR) is 68.7 cm³/mol. The smallest absolute Gasteiger partial charge is 0.238 e. The molecule has 1 saturated heterocycles. The molecule has 0 bridgehead atoms. The molecule has 2 rings (SSSR count). The zero-order valence-corrected chi connectivity index (χ0v) is 10.9. The molecule has 1 fully saturated rings. The van der Waals surface area contributed by atoms with E-state index >= 15 is 0 Å². The Hall–Kier alpha value is -1.49. The summed E-state index contributed by atoms with van der Waals surface area (Å²) in [5.74, 6) is 0.0466. The molecule has 5 heteroatoms. The van der Waals surface area contributed by atoms with Gasteiger partial charge < -0.3 is 10.6 Å². The van der Waals surface area contributed by atoms with Gasteiger partial charge in [-0.1, -0.05) is 13.8 Å². The van der Waals surface area contributed by atoms with Crippen LogP contribution in [0.25, 0.3) is 0 Å². The molecular formula is C13H20N4O. The number of carbonyl (C=O) groups excluding carboxylic acids is 1. The summed E-state index contributed by atoms with van der Waals surface area (Å²) in [6.45, 7) is 5.60. The van der Waals surface area contributed by atoms with Gasteiger partial charge in [0.1, 0.15) is 0 Å². The molecule has 0 aromatic carbocycles. The first-order valence-electron chi connectivity index (χ1n) is 6.37. The Morgan fingerprint density at radius 1 is 1.61 bits per heavy atom. The number of hydrogen-bond donors (Lipinski definition) is 2. The van der Waals surface area contributed by atoms with E-state index in [-0.39, 0.29) is 17.4 Å². The second-order valence-electron chi connectivity index (χ2n) is 5.41. The van der Waals surface area contributed by atoms with E-state index in [9.17, 15) is 4.79 Å². The monoisotopic (exact) mass is 248 g/mol. The molecule has 1 unspecified atom stereocenters. The number of hydrogen-bond acceptors (Lipinski definition) is 4. The van der Waals surface area contributed by atoms with Crippen LogP contribution in [-0.4, -0.2) is 28.7 Å². The fourth-order valence-electron chi connectivity index (χ4n) is 2.37. The van der Waals surface area contributed by atoms with Crippen LogP contribution in [-0.2, 0) is 11.3 Å². The Morgan fingerprint density at radius 3 is 3.11 bits per heavy atom. The van der Waals surface area contributed by atoms with Crippen LogP contribution in [0.1, 0.15) is 32.4 Å². The second-order valence-corrected chi connectivity index (χ2v) is 5.41. The van der Waals surface area contributed by atoms with E-state index in [0.717, 1.165) is 25.1 Å². The first kappa shape index (κ1) is 13.0. The number of nitrogens with zero attached hydrogens (tertiary/aromatic N) is 2. The van der Waals surface area contributed by atoms with E-state index in [1.807, 2.05) is 12.1 Å². The van der Waals surface area contributed by atoms with E-state index in [1.54, 1.807) is 6.20 Å². The summed E-state index contributed by atoms with van der Waals surface area (Å²) in [7, 11) is 0. The molecule has 5 nitrogen and oxygen atoms in total. The minimum absolute atomic E-state index is 0.00466. The Labute approximate surface area is 107 Å². The molecule has 1 aliphatic rings. The number of amides is 1. The van der Waals surface area contributed by atoms with Crippen molar-refractivity contribution in [3.63, 3.8) is 0 Å². The van der Waals surface area contributed by atoms with Crippen LogP contribution in [0.3, 0.4) is 0 Å². The molecule has 0 aliphatic carbocycles. The lowest BCUT2D eigenvalue weighted by molar-refractivity contribution is -0.127. The number of aromatic nitrogens is 2. The average molecular weight is 248 g/mol. The molecule has 1 aromatic rings. The lowest BCUT2D eigenvalue weighted by Gasteiger charge is -2.38. The molecule has 1 aliphatic heterocycles. The predicted octanol–water partition coefficient (Wildman–Crippen LogP) is 0.871. The molecule has 0 spiro atoms. The van der Waals surface area contributed by atoms with E-state index < -0.39 is 0 Å². The molecule has 2 N–H and O–H groups in total. The highest BCUT2D eigenvalue weighted by molar-refractivity contribution is 5.82. The first-order valence-corrected chi connectivity index (χ1v) is 6.37. The van der Waals surface area contributed by atoms with Gasteiger partial charge in [0.25, 0.3) is 0 Å². The minimum Gasteiger partial charge on any atom is -0.349 e. The Morgan fingerprint density at radius 2 is 2.44 bits per heavy atom. The number of rotatable bonds is 3. The van der Waals surface area contributed by atoms with Gasteiger partial charge in [-0.25, -0.2) is 0 Å². The summed E-state index contributed by atoms with van der Waals surface area (Å²) in [4.78, 5) is 12.2. The van der Waals surface area contributed by atoms with Gasteiger partial charge in [0.05, 0.1) is 18.3 Å². The molecule has 0 radical (unpaired) electrons. The minimum atomic E-state index is -0.122. The van der Waals surface area contributed by atoms with Gasteiger partial charge in [0.15, 0.2) is 0 Å². The maximum absolute atomic E-state index is 12.2. The highest BCUT2D eigenvalue weighted by Crippen LogP contribution is 2.30. The molecular weight excluding hydrogens is 228 g/mol. The zero-order chi connectivity index (χ0) is 13.0. The Kier molecular flexibility index (Phi) is 3.91. The van der Waals surface area contributed by atoms with Crippen LogP contribution >= 0.6 is 0 Å². The fourth-order valence-corrected chi connectivity index (χ4v) is 2.37. The molecule has 1 atom stereocenters. The quantitative estimate of drug-likeness (QED) is 0.833. The summed E-state index contributed by atoms with van der Waals surface area (Å²) in [6.07, 6.45) is 3.82. The van der Waals surface area contributed by atoms with Gasteiger partial charge in [-0.15, -0.1) is 0 Å². The van der Waals surface area contributed by atoms with Gasteiger partial charge in [-0.2, -0.15) is 10.2 Å². The highest BCUT2D eigenvalue weighted by atomic mass is 16.2. The summed E-state index contributed by atoms with van der Waals surface area (Å²) < 4.78 is 0. The van der Waals surface area contributed by atoms with E-state index in [2.05, 4.69) is 34.7 Å². The van der Waals surface area contributed by atoms with Crippen molar-refractivity contribution in [3.05, 3.63) is 24.0 Å². The largest absolute Gasteiger partial charge is 0.349 e. The van der Waals surface area contributed by atoms with Crippen LogP contribution in [0.4, 0.5) is 0 Å². The highest BCUT2D eigenvalue weighted by Gasteiger charge is 2.36. The molecule has 2 heterocycles. The fraction of sp³-hybridized carbons (Fsp3) is 0.615. The SMILES string of the molecule is CC1(C)CCCNC1C(=O)NCc1cccnn1. The van der Waals surface area contributed by atoms with Crippen LogP contribution in [0.15, 0.2) is 18.3 Å². The molecule has 98 valence electrons. The maximum atomic E-state index is 12.2. The Bertz CT molecular complexity index is 405. The molecule has 1 aromatic heterocycles. The maximum Gasteiger partial charge on any atom is 0.238 e. The zero-order valence-electron chi connectivity index (χ0n) is 10.9. The van der Waals surface area contributed by atoms with Gasteiger partial charge in [0, 0.05) is 6.20 Å². The molecule has 1 amide bonds. The van der Waals surface area contributed by atoms with Crippen LogP contribution < -0.4 is 10.6 Å². The average Bonchev–Trinajstić information content (AvgIpc) is 2.37. The summed E-state index contributed by atoms with van der Waals surface area (Å²) in [5, 5.41) is 14.0. The standard InChI is InChI=1S/C13H20N4O/c1-13(2)6-4-7-14-11(13)12(18)15-9-10-5-3-8-16-17-10/h3,5,8,11,14H,4,6-7,9H2,1-2H3,(H,15,18). The first-order chi connectivity index (χ1) is 8.59. The van der Waals surface area contributed by atoms with Crippen LogP contribution in [0.5, 0.6) is 0 Å². The molecule has 0 saturated carbocycles. The number of nitrogens with one attached hydrogen (secondary N) is 2. The van der Waals surface area contributed by atoms with Gasteiger partial charge in [-0.05, 0) is 36.9 Å². The summed E-state index contributed by atoms with van der Waals surface area (Å²) in [6, 6.07) is 3.55. The van der Waals surface area contributed by atoms with Crippen molar-refractivity contribution in [1.82, 2.24) is 20.8 Å². The van der Waals surface area contributed by atoms with E-state index in [0.29, 0.717) is 6.54 Å². The number of piperidine rings is 1. The van der Waals surface area contributed by atoms with Crippen molar-refractivity contribution < 1.29 is 4.79 Å². The van der Waals surface area contributed by atoms with Gasteiger partial charge in [0.2, 0.25) is 5.91 Å².